The first-order chi connectivity index (χ1) is 10.2. The number of carboxylic acids is 3. The Hall–Kier alpha value is -1.58. The Morgan fingerprint density at radius 1 is 1.23 bits per heavy atom. The summed E-state index contributed by atoms with van der Waals surface area (Å²) >= 11 is 1.96. The predicted molar refractivity (Wildman–Crippen MR) is 84.8 cm³/mol. The Kier molecular flexibility index (Phi) is 14.8. The van der Waals surface area contributed by atoms with E-state index in [0.29, 0.717) is 12.2 Å². The zero-order valence-electron chi connectivity index (χ0n) is 12.7. The fraction of sp³-hybridized carbons (Fsp3) is 0.615. The third-order valence-corrected chi connectivity index (χ3v) is 3.44. The van der Waals surface area contributed by atoms with Crippen molar-refractivity contribution in [3.63, 3.8) is 0 Å². The van der Waals surface area contributed by atoms with Gasteiger partial charge in [-0.2, -0.15) is 0 Å². The summed E-state index contributed by atoms with van der Waals surface area (Å²) in [4.78, 5) is 29.3. The maximum atomic E-state index is 10.2. The molecule has 0 saturated carbocycles. The number of hydrogen-bond acceptors (Lipinski definition) is 6. The van der Waals surface area contributed by atoms with E-state index in [0.717, 1.165) is 6.42 Å². The summed E-state index contributed by atoms with van der Waals surface area (Å²) in [5.74, 6) is -0.883. The molecule has 22 heavy (non-hydrogen) atoms. The molecule has 1 fully saturated rings. The number of carboxylic acid groups (broad SMARTS) is 3. The second kappa shape index (κ2) is 14.4. The van der Waals surface area contributed by atoms with Gasteiger partial charge in [-0.15, -0.1) is 11.8 Å². The zero-order valence-corrected chi connectivity index (χ0v) is 13.5. The van der Waals surface area contributed by atoms with E-state index in [2.05, 4.69) is 5.32 Å². The number of aliphatic carboxylic acids is 3. The van der Waals surface area contributed by atoms with E-state index in [1.807, 2.05) is 25.6 Å². The van der Waals surface area contributed by atoms with Crippen molar-refractivity contribution in [1.82, 2.24) is 5.32 Å². The molecule has 1 saturated heterocycles. The number of nitrogens with two attached hydrogens (primary N) is 1. The molecule has 1 aliphatic heterocycles. The van der Waals surface area contributed by atoms with E-state index in [-0.39, 0.29) is 5.92 Å². The van der Waals surface area contributed by atoms with Gasteiger partial charge in [-0.25, -0.2) is 9.59 Å². The van der Waals surface area contributed by atoms with Crippen LogP contribution in [0.15, 0.2) is 12.2 Å². The van der Waals surface area contributed by atoms with Crippen molar-refractivity contribution in [2.24, 2.45) is 11.7 Å². The van der Waals surface area contributed by atoms with Crippen LogP contribution in [-0.4, -0.2) is 57.4 Å². The third-order valence-electron chi connectivity index (χ3n) is 2.54. The third kappa shape index (κ3) is 16.5. The highest BCUT2D eigenvalue weighted by molar-refractivity contribution is 7.99. The van der Waals surface area contributed by atoms with Gasteiger partial charge < -0.3 is 26.4 Å². The van der Waals surface area contributed by atoms with Crippen LogP contribution in [0.25, 0.3) is 0 Å². The number of thioether (sulfide) groups is 1. The number of hydrogen-bond donors (Lipinski definition) is 5. The lowest BCUT2D eigenvalue weighted by Crippen LogP contribution is -2.36. The summed E-state index contributed by atoms with van der Waals surface area (Å²) in [7, 11) is 0. The molecule has 0 amide bonds. The zero-order chi connectivity index (χ0) is 17.5. The minimum atomic E-state index is -1.26. The van der Waals surface area contributed by atoms with Crippen LogP contribution in [0.1, 0.15) is 20.3 Å². The Morgan fingerprint density at radius 2 is 1.73 bits per heavy atom. The minimum Gasteiger partial charge on any atom is -0.480 e. The maximum Gasteiger partial charge on any atom is 0.328 e. The van der Waals surface area contributed by atoms with Crippen LogP contribution < -0.4 is 11.1 Å². The Balaban J connectivity index is 0. The van der Waals surface area contributed by atoms with Crippen molar-refractivity contribution in [2.75, 3.05) is 18.2 Å². The van der Waals surface area contributed by atoms with Crippen molar-refractivity contribution in [3.8, 4) is 0 Å². The quantitative estimate of drug-likeness (QED) is 0.450. The van der Waals surface area contributed by atoms with Gasteiger partial charge in [0.1, 0.15) is 6.04 Å². The van der Waals surface area contributed by atoms with Gasteiger partial charge in [0.25, 0.3) is 0 Å². The highest BCUT2D eigenvalue weighted by atomic mass is 32.2. The van der Waals surface area contributed by atoms with Gasteiger partial charge in [-0.05, 0) is 5.92 Å². The van der Waals surface area contributed by atoms with Crippen molar-refractivity contribution >= 4 is 29.7 Å². The largest absolute Gasteiger partial charge is 0.480 e. The molecular weight excluding hydrogens is 312 g/mol. The highest BCUT2D eigenvalue weighted by Gasteiger charge is 2.17. The number of nitrogens with one attached hydrogen (secondary N) is 1. The molecule has 2 atom stereocenters. The molecule has 0 spiro atoms. The molecule has 1 rings (SSSR count). The second-order valence-corrected chi connectivity index (χ2v) is 5.42. The molecule has 0 aromatic heterocycles. The maximum absolute atomic E-state index is 10.2. The van der Waals surface area contributed by atoms with Gasteiger partial charge in [0, 0.05) is 30.3 Å². The van der Waals surface area contributed by atoms with Crippen molar-refractivity contribution in [3.05, 3.63) is 12.2 Å². The van der Waals surface area contributed by atoms with E-state index >= 15 is 0 Å². The summed E-state index contributed by atoms with van der Waals surface area (Å²) < 4.78 is 0. The molecule has 0 unspecified atom stereocenters. The van der Waals surface area contributed by atoms with Gasteiger partial charge in [-0.3, -0.25) is 4.79 Å². The fourth-order valence-electron chi connectivity index (χ4n) is 1.00. The molecule has 0 bridgehead atoms. The second-order valence-electron chi connectivity index (χ2n) is 4.31. The molecule has 8 nitrogen and oxygen atoms in total. The van der Waals surface area contributed by atoms with E-state index in [1.165, 1.54) is 18.2 Å². The molecule has 1 aliphatic rings. The van der Waals surface area contributed by atoms with Crippen LogP contribution in [0.4, 0.5) is 0 Å². The molecule has 9 heteroatoms. The Labute approximate surface area is 133 Å². The lowest BCUT2D eigenvalue weighted by Gasteiger charge is -2.11. The van der Waals surface area contributed by atoms with E-state index in [4.69, 9.17) is 21.1 Å². The van der Waals surface area contributed by atoms with E-state index in [1.54, 1.807) is 0 Å². The molecule has 6 N–H and O–H groups in total. The lowest BCUT2D eigenvalue weighted by atomic mass is 10.0. The van der Waals surface area contributed by atoms with Crippen molar-refractivity contribution in [1.29, 1.82) is 0 Å². The minimum absolute atomic E-state index is 0.0718. The standard InChI is InChI=1S/C6H13NO2.C4H4O4.C3H7NS/c1-3-4(2)5(7)6(8)9;5-3(6)1-2-4(7)8;1-2-5-3-4-1/h4-5H,3,7H2,1-2H3,(H,8,9);1-2H,(H,5,6)(H,7,8);4H,1-3H2/b;2-1+;/t4-,5-;;/m0../s1. The molecule has 0 aromatic rings. The van der Waals surface area contributed by atoms with Gasteiger partial charge >= 0.3 is 17.9 Å². The van der Waals surface area contributed by atoms with Crippen LogP contribution in [0.2, 0.25) is 0 Å². The molecule has 0 aromatic carbocycles. The van der Waals surface area contributed by atoms with Crippen LogP contribution in [0.5, 0.6) is 0 Å². The Morgan fingerprint density at radius 3 is 1.86 bits per heavy atom. The smallest absolute Gasteiger partial charge is 0.328 e. The van der Waals surface area contributed by atoms with Crippen LogP contribution in [0.3, 0.4) is 0 Å². The Bertz CT molecular complexity index is 348. The van der Waals surface area contributed by atoms with E-state index < -0.39 is 23.9 Å². The summed E-state index contributed by atoms with van der Waals surface area (Å²) in [5, 5.41) is 27.2. The van der Waals surface area contributed by atoms with Gasteiger partial charge in [-0.1, -0.05) is 20.3 Å². The molecular formula is C13H24N2O6S. The number of carbonyl (C=O) groups is 3. The number of rotatable bonds is 5. The predicted octanol–water partition coefficient (Wildman–Crippen LogP) is 0.437. The van der Waals surface area contributed by atoms with Crippen molar-refractivity contribution in [2.45, 2.75) is 26.3 Å². The summed E-state index contributed by atoms with van der Waals surface area (Å²) in [6.07, 6.45) is 1.93. The average molecular weight is 336 g/mol. The molecule has 1 heterocycles. The van der Waals surface area contributed by atoms with Crippen molar-refractivity contribution < 1.29 is 29.7 Å². The van der Waals surface area contributed by atoms with Crippen LogP contribution >= 0.6 is 11.8 Å². The van der Waals surface area contributed by atoms with Gasteiger partial charge in [0.05, 0.1) is 0 Å². The molecule has 0 aliphatic carbocycles. The molecule has 0 radical (unpaired) electrons. The lowest BCUT2D eigenvalue weighted by molar-refractivity contribution is -0.139. The first-order valence-corrected chi connectivity index (χ1v) is 7.78. The van der Waals surface area contributed by atoms with E-state index in [9.17, 15) is 14.4 Å². The van der Waals surface area contributed by atoms with Gasteiger partial charge in [0.15, 0.2) is 0 Å². The summed E-state index contributed by atoms with van der Waals surface area (Å²) in [5.41, 5.74) is 5.27. The molecule has 128 valence electrons. The fourth-order valence-corrected chi connectivity index (χ4v) is 1.72. The first kappa shape index (κ1) is 22.7. The SMILES string of the molecule is C1CSCN1.CC[C@H](C)[C@H](N)C(=O)O.O=C(O)/C=C/C(=O)O. The monoisotopic (exact) mass is 336 g/mol. The van der Waals surface area contributed by atoms with Crippen LogP contribution in [-0.2, 0) is 14.4 Å². The normalized spacial score (nSPS) is 15.8. The van der Waals surface area contributed by atoms with Crippen LogP contribution in [0, 0.1) is 5.92 Å². The highest BCUT2D eigenvalue weighted by Crippen LogP contribution is 2.04. The van der Waals surface area contributed by atoms with Gasteiger partial charge in [0.2, 0.25) is 0 Å². The summed E-state index contributed by atoms with van der Waals surface area (Å²) in [6, 6.07) is -0.699. The topological polar surface area (TPSA) is 150 Å². The average Bonchev–Trinajstić information content (AvgIpc) is 3.03. The first-order valence-electron chi connectivity index (χ1n) is 6.63. The summed E-state index contributed by atoms with van der Waals surface area (Å²) in [6.45, 7) is 4.97.